The van der Waals surface area contributed by atoms with Crippen LogP contribution in [0.25, 0.3) is 0 Å². The van der Waals surface area contributed by atoms with Crippen molar-refractivity contribution >= 4 is 17.5 Å². The van der Waals surface area contributed by atoms with Gasteiger partial charge in [0.15, 0.2) is 0 Å². The second kappa shape index (κ2) is 4.59. The fourth-order valence-electron chi connectivity index (χ4n) is 1.24. The molecule has 3 heteroatoms. The lowest BCUT2D eigenvalue weighted by molar-refractivity contribution is 0.0929. The van der Waals surface area contributed by atoms with Gasteiger partial charge in [0, 0.05) is 10.6 Å². The molecule has 0 aliphatic heterocycles. The van der Waals surface area contributed by atoms with Crippen molar-refractivity contribution in [1.29, 1.82) is 0 Å². The van der Waals surface area contributed by atoms with Gasteiger partial charge in [-0.2, -0.15) is 0 Å². The maximum atomic E-state index is 11.9. The molecule has 1 amide bonds. The van der Waals surface area contributed by atoms with Crippen molar-refractivity contribution in [3.05, 3.63) is 34.3 Å². The van der Waals surface area contributed by atoms with E-state index in [1.165, 1.54) is 0 Å². The largest absolute Gasteiger partial charge is 0.336 e. The Balaban J connectivity index is 2.99. The van der Waals surface area contributed by atoms with E-state index in [9.17, 15) is 4.79 Å². The van der Waals surface area contributed by atoms with Gasteiger partial charge in [-0.05, 0) is 38.5 Å². The molecule has 0 bridgehead atoms. The highest BCUT2D eigenvalue weighted by molar-refractivity contribution is 6.31. The lowest BCUT2D eigenvalue weighted by atomic mass is 10.0. The van der Waals surface area contributed by atoms with E-state index in [1.807, 2.05) is 0 Å². The Morgan fingerprint density at radius 2 is 2.12 bits per heavy atom. The number of carbonyl (C=O) groups excluding carboxylic acids is 1. The summed E-state index contributed by atoms with van der Waals surface area (Å²) >= 11 is 5.94. The molecule has 1 rings (SSSR count). The fourth-order valence-corrected chi connectivity index (χ4v) is 1.42. The first-order chi connectivity index (χ1) is 7.37. The third kappa shape index (κ3) is 2.77. The zero-order valence-corrected chi connectivity index (χ0v) is 10.4. The first kappa shape index (κ1) is 12.6. The molecule has 1 aromatic rings. The summed E-state index contributed by atoms with van der Waals surface area (Å²) in [7, 11) is 0. The van der Waals surface area contributed by atoms with E-state index in [1.54, 1.807) is 39.0 Å². The van der Waals surface area contributed by atoms with Crippen LogP contribution in [0.2, 0.25) is 5.02 Å². The number of carbonyl (C=O) groups is 1. The average molecular weight is 236 g/mol. The predicted molar refractivity (Wildman–Crippen MR) is 66.6 cm³/mol. The molecule has 1 N–H and O–H groups in total. The van der Waals surface area contributed by atoms with E-state index in [-0.39, 0.29) is 5.91 Å². The lowest BCUT2D eigenvalue weighted by Crippen LogP contribution is -2.42. The summed E-state index contributed by atoms with van der Waals surface area (Å²) in [5, 5.41) is 3.33. The Morgan fingerprint density at radius 1 is 1.50 bits per heavy atom. The molecule has 0 saturated carbocycles. The number of hydrogen-bond acceptors (Lipinski definition) is 1. The highest BCUT2D eigenvalue weighted by Gasteiger charge is 2.19. The topological polar surface area (TPSA) is 29.1 Å². The number of hydrogen-bond donors (Lipinski definition) is 1. The number of terminal acetylenes is 1. The van der Waals surface area contributed by atoms with Crippen molar-refractivity contribution in [3.8, 4) is 12.3 Å². The smallest absolute Gasteiger partial charge is 0.252 e. The SMILES string of the molecule is C#CC(C)(C)NC(=O)c1cccc(Cl)c1C. The summed E-state index contributed by atoms with van der Waals surface area (Å²) < 4.78 is 0. The molecule has 16 heavy (non-hydrogen) atoms. The van der Waals surface area contributed by atoms with Crippen molar-refractivity contribution < 1.29 is 4.79 Å². The van der Waals surface area contributed by atoms with E-state index in [4.69, 9.17) is 18.0 Å². The predicted octanol–water partition coefficient (Wildman–Crippen LogP) is 2.79. The zero-order valence-electron chi connectivity index (χ0n) is 9.60. The van der Waals surface area contributed by atoms with E-state index >= 15 is 0 Å². The number of rotatable bonds is 2. The third-order valence-corrected chi connectivity index (χ3v) is 2.71. The molecule has 0 radical (unpaired) electrons. The number of amides is 1. The molecule has 0 fully saturated rings. The van der Waals surface area contributed by atoms with Crippen molar-refractivity contribution in [1.82, 2.24) is 5.32 Å². The summed E-state index contributed by atoms with van der Waals surface area (Å²) in [6.45, 7) is 5.34. The molecule has 0 aromatic heterocycles. The fraction of sp³-hybridized carbons (Fsp3) is 0.308. The van der Waals surface area contributed by atoms with Gasteiger partial charge in [0.2, 0.25) is 0 Å². The van der Waals surface area contributed by atoms with Gasteiger partial charge in [-0.15, -0.1) is 6.42 Å². The normalized spacial score (nSPS) is 10.7. The standard InChI is InChI=1S/C13H14ClNO/c1-5-13(3,4)15-12(16)10-7-6-8-11(14)9(10)2/h1,6-8H,2-4H3,(H,15,16). The molecule has 0 unspecified atom stereocenters. The molecular formula is C13H14ClNO. The summed E-state index contributed by atoms with van der Waals surface area (Å²) in [5.41, 5.74) is 0.650. The summed E-state index contributed by atoms with van der Waals surface area (Å²) in [6.07, 6.45) is 5.31. The van der Waals surface area contributed by atoms with Gasteiger partial charge >= 0.3 is 0 Å². The second-order valence-corrected chi connectivity index (χ2v) is 4.54. The van der Waals surface area contributed by atoms with E-state index in [2.05, 4.69) is 11.2 Å². The molecule has 0 atom stereocenters. The van der Waals surface area contributed by atoms with Crippen LogP contribution in [0.5, 0.6) is 0 Å². The van der Waals surface area contributed by atoms with Crippen LogP contribution >= 0.6 is 11.6 Å². The second-order valence-electron chi connectivity index (χ2n) is 4.14. The molecule has 1 aromatic carbocycles. The number of benzene rings is 1. The Kier molecular flexibility index (Phi) is 3.62. The molecule has 2 nitrogen and oxygen atoms in total. The van der Waals surface area contributed by atoms with Crippen molar-refractivity contribution in [2.45, 2.75) is 26.3 Å². The Labute approximate surface area is 101 Å². The molecular weight excluding hydrogens is 222 g/mol. The van der Waals surface area contributed by atoms with Gasteiger partial charge in [0.05, 0.1) is 5.54 Å². The maximum absolute atomic E-state index is 11.9. The van der Waals surface area contributed by atoms with Crippen LogP contribution in [-0.2, 0) is 0 Å². The van der Waals surface area contributed by atoms with Crippen LogP contribution in [0.4, 0.5) is 0 Å². The first-order valence-corrected chi connectivity index (χ1v) is 5.30. The monoisotopic (exact) mass is 235 g/mol. The first-order valence-electron chi connectivity index (χ1n) is 4.93. The van der Waals surface area contributed by atoms with Gasteiger partial charge in [-0.25, -0.2) is 0 Å². The maximum Gasteiger partial charge on any atom is 0.252 e. The van der Waals surface area contributed by atoms with E-state index in [0.29, 0.717) is 10.6 Å². The van der Waals surface area contributed by atoms with Crippen LogP contribution in [0.3, 0.4) is 0 Å². The minimum absolute atomic E-state index is 0.206. The van der Waals surface area contributed by atoms with E-state index in [0.717, 1.165) is 5.56 Å². The molecule has 0 saturated heterocycles. The minimum Gasteiger partial charge on any atom is -0.336 e. The lowest BCUT2D eigenvalue weighted by Gasteiger charge is -2.20. The van der Waals surface area contributed by atoms with Crippen molar-refractivity contribution in [3.63, 3.8) is 0 Å². The van der Waals surface area contributed by atoms with Gasteiger partial charge in [0.1, 0.15) is 0 Å². The van der Waals surface area contributed by atoms with Crippen molar-refractivity contribution in [2.24, 2.45) is 0 Å². The number of nitrogens with one attached hydrogen (secondary N) is 1. The Morgan fingerprint density at radius 3 is 2.69 bits per heavy atom. The number of halogens is 1. The molecule has 0 aliphatic carbocycles. The zero-order chi connectivity index (χ0) is 12.3. The molecule has 0 heterocycles. The summed E-state index contributed by atoms with van der Waals surface area (Å²) in [5.74, 6) is 2.31. The summed E-state index contributed by atoms with van der Waals surface area (Å²) in [4.78, 5) is 11.9. The van der Waals surface area contributed by atoms with Crippen LogP contribution in [0.1, 0.15) is 29.8 Å². The highest BCUT2D eigenvalue weighted by Crippen LogP contribution is 2.19. The van der Waals surface area contributed by atoms with Crippen LogP contribution in [0, 0.1) is 19.3 Å². The minimum atomic E-state index is -0.661. The van der Waals surface area contributed by atoms with Crippen LogP contribution in [0.15, 0.2) is 18.2 Å². The van der Waals surface area contributed by atoms with Gasteiger partial charge in [-0.3, -0.25) is 4.79 Å². The third-order valence-electron chi connectivity index (χ3n) is 2.30. The Bertz CT molecular complexity index is 457. The van der Waals surface area contributed by atoms with Gasteiger partial charge in [-0.1, -0.05) is 23.6 Å². The molecule has 0 aliphatic rings. The molecule has 0 spiro atoms. The van der Waals surface area contributed by atoms with Gasteiger partial charge < -0.3 is 5.32 Å². The van der Waals surface area contributed by atoms with Crippen LogP contribution < -0.4 is 5.32 Å². The van der Waals surface area contributed by atoms with Crippen LogP contribution in [-0.4, -0.2) is 11.4 Å². The average Bonchev–Trinajstić information content (AvgIpc) is 2.21. The van der Waals surface area contributed by atoms with Crippen molar-refractivity contribution in [2.75, 3.05) is 0 Å². The highest BCUT2D eigenvalue weighted by atomic mass is 35.5. The Hall–Kier alpha value is -1.46. The quantitative estimate of drug-likeness (QED) is 0.785. The summed E-state index contributed by atoms with van der Waals surface area (Å²) in [6, 6.07) is 5.22. The van der Waals surface area contributed by atoms with E-state index < -0.39 is 5.54 Å². The van der Waals surface area contributed by atoms with Gasteiger partial charge in [0.25, 0.3) is 5.91 Å². The molecule has 84 valence electrons.